The third-order valence-corrected chi connectivity index (χ3v) is 3.56. The second-order valence-corrected chi connectivity index (χ2v) is 4.87. The summed E-state index contributed by atoms with van der Waals surface area (Å²) in [4.78, 5) is 2.56. The van der Waals surface area contributed by atoms with Gasteiger partial charge in [-0.3, -0.25) is 0 Å². The third kappa shape index (κ3) is 7.24. The SMILES string of the molecule is CCC(C)CN(CC)CCNC(CC)CC. The van der Waals surface area contributed by atoms with Gasteiger partial charge < -0.3 is 10.2 Å². The monoisotopic (exact) mass is 228 g/mol. The predicted octanol–water partition coefficient (Wildman–Crippen LogP) is 3.13. The standard InChI is InChI=1S/C14H32N2/c1-6-13(5)12-16(9-4)11-10-15-14(7-2)8-3/h13-15H,6-12H2,1-5H3. The molecule has 0 aliphatic rings. The lowest BCUT2D eigenvalue weighted by molar-refractivity contribution is 0.241. The molecular weight excluding hydrogens is 196 g/mol. The average molecular weight is 228 g/mol. The van der Waals surface area contributed by atoms with Crippen LogP contribution < -0.4 is 5.32 Å². The van der Waals surface area contributed by atoms with Crippen LogP contribution in [-0.2, 0) is 0 Å². The van der Waals surface area contributed by atoms with Gasteiger partial charge >= 0.3 is 0 Å². The second kappa shape index (κ2) is 10.1. The zero-order valence-corrected chi connectivity index (χ0v) is 12.1. The van der Waals surface area contributed by atoms with Crippen molar-refractivity contribution in [1.82, 2.24) is 10.2 Å². The fourth-order valence-electron chi connectivity index (χ4n) is 1.95. The molecule has 1 unspecified atom stereocenters. The van der Waals surface area contributed by atoms with Crippen LogP contribution in [0.2, 0.25) is 0 Å². The van der Waals surface area contributed by atoms with Crippen LogP contribution in [-0.4, -0.2) is 37.1 Å². The van der Waals surface area contributed by atoms with E-state index in [9.17, 15) is 0 Å². The molecule has 2 nitrogen and oxygen atoms in total. The van der Waals surface area contributed by atoms with E-state index in [1.54, 1.807) is 0 Å². The third-order valence-electron chi connectivity index (χ3n) is 3.56. The molecule has 0 fully saturated rings. The van der Waals surface area contributed by atoms with Crippen LogP contribution in [0, 0.1) is 5.92 Å². The Balaban J connectivity index is 3.69. The fraction of sp³-hybridized carbons (Fsp3) is 1.00. The van der Waals surface area contributed by atoms with Gasteiger partial charge in [0.05, 0.1) is 0 Å². The molecule has 0 heterocycles. The van der Waals surface area contributed by atoms with Gasteiger partial charge in [-0.05, 0) is 25.3 Å². The highest BCUT2D eigenvalue weighted by molar-refractivity contribution is 4.66. The molecule has 98 valence electrons. The molecule has 2 heteroatoms. The van der Waals surface area contributed by atoms with Crippen LogP contribution in [0.15, 0.2) is 0 Å². The lowest BCUT2D eigenvalue weighted by Gasteiger charge is -2.25. The summed E-state index contributed by atoms with van der Waals surface area (Å²) in [5.74, 6) is 0.827. The Hall–Kier alpha value is -0.0800. The van der Waals surface area contributed by atoms with Gasteiger partial charge in [-0.25, -0.2) is 0 Å². The Labute approximate surface area is 103 Å². The molecule has 0 aliphatic heterocycles. The average Bonchev–Trinajstić information content (AvgIpc) is 2.32. The minimum atomic E-state index is 0.710. The number of likely N-dealkylation sites (N-methyl/N-ethyl adjacent to an activating group) is 1. The highest BCUT2D eigenvalue weighted by Gasteiger charge is 2.07. The topological polar surface area (TPSA) is 15.3 Å². The van der Waals surface area contributed by atoms with E-state index >= 15 is 0 Å². The molecule has 0 aliphatic carbocycles. The van der Waals surface area contributed by atoms with E-state index in [0.29, 0.717) is 6.04 Å². The van der Waals surface area contributed by atoms with E-state index in [2.05, 4.69) is 44.8 Å². The largest absolute Gasteiger partial charge is 0.313 e. The maximum atomic E-state index is 3.63. The number of hydrogen-bond donors (Lipinski definition) is 1. The smallest absolute Gasteiger partial charge is 0.0107 e. The van der Waals surface area contributed by atoms with Crippen molar-refractivity contribution in [2.75, 3.05) is 26.2 Å². The Kier molecular flexibility index (Phi) is 10.0. The summed E-state index contributed by atoms with van der Waals surface area (Å²) in [7, 11) is 0. The van der Waals surface area contributed by atoms with Gasteiger partial charge in [-0.1, -0.05) is 41.0 Å². The van der Waals surface area contributed by atoms with Gasteiger partial charge in [0.15, 0.2) is 0 Å². The number of hydrogen-bond acceptors (Lipinski definition) is 2. The summed E-state index contributed by atoms with van der Waals surface area (Å²) in [5, 5.41) is 3.63. The van der Waals surface area contributed by atoms with Crippen molar-refractivity contribution < 1.29 is 0 Å². The predicted molar refractivity (Wildman–Crippen MR) is 73.9 cm³/mol. The molecule has 0 aromatic heterocycles. The maximum Gasteiger partial charge on any atom is 0.0107 e. The summed E-state index contributed by atoms with van der Waals surface area (Å²) in [6.07, 6.45) is 3.78. The second-order valence-electron chi connectivity index (χ2n) is 4.87. The Morgan fingerprint density at radius 1 is 1.00 bits per heavy atom. The Bertz CT molecular complexity index is 144. The molecule has 0 aromatic carbocycles. The summed E-state index contributed by atoms with van der Waals surface area (Å²) in [6.45, 7) is 16.2. The van der Waals surface area contributed by atoms with Crippen LogP contribution in [0.3, 0.4) is 0 Å². The summed E-state index contributed by atoms with van der Waals surface area (Å²) < 4.78 is 0. The van der Waals surface area contributed by atoms with Crippen molar-refractivity contribution in [3.05, 3.63) is 0 Å². The van der Waals surface area contributed by atoms with Gasteiger partial charge in [-0.15, -0.1) is 0 Å². The van der Waals surface area contributed by atoms with Crippen molar-refractivity contribution in [1.29, 1.82) is 0 Å². The first kappa shape index (κ1) is 15.9. The molecule has 0 amide bonds. The number of nitrogens with one attached hydrogen (secondary N) is 1. The summed E-state index contributed by atoms with van der Waals surface area (Å²) in [6, 6.07) is 0.710. The van der Waals surface area contributed by atoms with Crippen LogP contribution >= 0.6 is 0 Å². The van der Waals surface area contributed by atoms with Crippen molar-refractivity contribution in [2.45, 2.75) is 59.9 Å². The summed E-state index contributed by atoms with van der Waals surface area (Å²) in [5.41, 5.74) is 0. The fourth-order valence-corrected chi connectivity index (χ4v) is 1.95. The lowest BCUT2D eigenvalue weighted by Crippen LogP contribution is -2.38. The van der Waals surface area contributed by atoms with Crippen molar-refractivity contribution >= 4 is 0 Å². The quantitative estimate of drug-likeness (QED) is 0.618. The first-order valence-corrected chi connectivity index (χ1v) is 7.13. The van der Waals surface area contributed by atoms with E-state index in [1.165, 1.54) is 38.9 Å². The first-order chi connectivity index (χ1) is 7.67. The molecule has 0 radical (unpaired) electrons. The molecule has 16 heavy (non-hydrogen) atoms. The van der Waals surface area contributed by atoms with Crippen LogP contribution in [0.1, 0.15) is 53.9 Å². The Morgan fingerprint density at radius 3 is 2.06 bits per heavy atom. The van der Waals surface area contributed by atoms with E-state index in [4.69, 9.17) is 0 Å². The molecule has 0 spiro atoms. The van der Waals surface area contributed by atoms with Gasteiger partial charge in [0.1, 0.15) is 0 Å². The highest BCUT2D eigenvalue weighted by Crippen LogP contribution is 2.03. The van der Waals surface area contributed by atoms with Crippen molar-refractivity contribution in [2.24, 2.45) is 5.92 Å². The van der Waals surface area contributed by atoms with Gasteiger partial charge in [0.2, 0.25) is 0 Å². The summed E-state index contributed by atoms with van der Waals surface area (Å²) >= 11 is 0. The maximum absolute atomic E-state index is 3.63. The van der Waals surface area contributed by atoms with E-state index in [0.717, 1.165) is 12.5 Å². The van der Waals surface area contributed by atoms with Crippen molar-refractivity contribution in [3.63, 3.8) is 0 Å². The highest BCUT2D eigenvalue weighted by atomic mass is 15.1. The van der Waals surface area contributed by atoms with Gasteiger partial charge in [0, 0.05) is 25.7 Å². The Morgan fingerprint density at radius 2 is 1.62 bits per heavy atom. The normalized spacial score (nSPS) is 13.7. The van der Waals surface area contributed by atoms with E-state index in [-0.39, 0.29) is 0 Å². The lowest BCUT2D eigenvalue weighted by atomic mass is 10.1. The van der Waals surface area contributed by atoms with Crippen LogP contribution in [0.4, 0.5) is 0 Å². The van der Waals surface area contributed by atoms with Crippen LogP contribution in [0.25, 0.3) is 0 Å². The number of nitrogens with zero attached hydrogens (tertiary/aromatic N) is 1. The van der Waals surface area contributed by atoms with Gasteiger partial charge in [-0.2, -0.15) is 0 Å². The minimum absolute atomic E-state index is 0.710. The van der Waals surface area contributed by atoms with E-state index < -0.39 is 0 Å². The molecule has 0 rings (SSSR count). The van der Waals surface area contributed by atoms with E-state index in [1.807, 2.05) is 0 Å². The number of rotatable bonds is 10. The minimum Gasteiger partial charge on any atom is -0.313 e. The zero-order valence-electron chi connectivity index (χ0n) is 12.1. The van der Waals surface area contributed by atoms with Crippen LogP contribution in [0.5, 0.6) is 0 Å². The zero-order chi connectivity index (χ0) is 12.4. The molecule has 0 bridgehead atoms. The molecule has 1 N–H and O–H groups in total. The molecular formula is C14H32N2. The first-order valence-electron chi connectivity index (χ1n) is 7.13. The van der Waals surface area contributed by atoms with Gasteiger partial charge in [0.25, 0.3) is 0 Å². The molecule has 0 saturated carbocycles. The van der Waals surface area contributed by atoms with Crippen molar-refractivity contribution in [3.8, 4) is 0 Å². The molecule has 0 aromatic rings. The molecule has 1 atom stereocenters. The molecule has 0 saturated heterocycles.